The lowest BCUT2D eigenvalue weighted by Crippen LogP contribution is -2.39. The quantitative estimate of drug-likeness (QED) is 0.941. The maximum atomic E-state index is 11.2. The molecule has 1 aliphatic rings. The van der Waals surface area contributed by atoms with E-state index in [0.717, 1.165) is 41.8 Å². The molecule has 3 rings (SSSR count). The van der Waals surface area contributed by atoms with E-state index >= 15 is 0 Å². The average molecular weight is 291 g/mol. The minimum Gasteiger partial charge on any atom is -0.481 e. The SMILES string of the molecule is CCc1cc2c(N3CCCC(C(=O)O)C3)ncnc2s1. The first kappa shape index (κ1) is 13.3. The van der Waals surface area contributed by atoms with Crippen molar-refractivity contribution in [2.24, 2.45) is 5.92 Å². The summed E-state index contributed by atoms with van der Waals surface area (Å²) in [5, 5.41) is 10.3. The second kappa shape index (κ2) is 5.36. The van der Waals surface area contributed by atoms with Gasteiger partial charge in [0, 0.05) is 18.0 Å². The first-order chi connectivity index (χ1) is 9.69. The fourth-order valence-corrected chi connectivity index (χ4v) is 3.62. The Kier molecular flexibility index (Phi) is 3.56. The maximum Gasteiger partial charge on any atom is 0.308 e. The Bertz CT molecular complexity index is 640. The van der Waals surface area contributed by atoms with E-state index in [2.05, 4.69) is 27.9 Å². The van der Waals surface area contributed by atoms with E-state index in [1.165, 1.54) is 4.88 Å². The van der Waals surface area contributed by atoms with Gasteiger partial charge in [-0.1, -0.05) is 6.92 Å². The lowest BCUT2D eigenvalue weighted by Gasteiger charge is -2.31. The number of hydrogen-bond acceptors (Lipinski definition) is 5. The molecule has 20 heavy (non-hydrogen) atoms. The van der Waals surface area contributed by atoms with E-state index in [4.69, 9.17) is 0 Å². The number of nitrogens with zero attached hydrogens (tertiary/aromatic N) is 3. The van der Waals surface area contributed by atoms with Gasteiger partial charge in [-0.25, -0.2) is 9.97 Å². The first-order valence-corrected chi connectivity index (χ1v) is 7.72. The van der Waals surface area contributed by atoms with E-state index < -0.39 is 5.97 Å². The third-order valence-electron chi connectivity index (χ3n) is 3.78. The van der Waals surface area contributed by atoms with Gasteiger partial charge in [-0.05, 0) is 25.3 Å². The Labute approximate surface area is 121 Å². The molecule has 2 aromatic heterocycles. The average Bonchev–Trinajstić information content (AvgIpc) is 2.90. The lowest BCUT2D eigenvalue weighted by molar-refractivity contribution is -0.141. The fourth-order valence-electron chi connectivity index (χ4n) is 2.69. The third kappa shape index (κ3) is 2.35. The highest BCUT2D eigenvalue weighted by molar-refractivity contribution is 7.18. The number of aromatic nitrogens is 2. The van der Waals surface area contributed by atoms with Crippen molar-refractivity contribution in [3.63, 3.8) is 0 Å². The van der Waals surface area contributed by atoms with Crippen molar-refractivity contribution in [1.82, 2.24) is 9.97 Å². The zero-order valence-electron chi connectivity index (χ0n) is 11.4. The van der Waals surface area contributed by atoms with Gasteiger partial charge in [0.15, 0.2) is 0 Å². The van der Waals surface area contributed by atoms with E-state index in [0.29, 0.717) is 6.54 Å². The topological polar surface area (TPSA) is 66.3 Å². The molecule has 1 aliphatic heterocycles. The second-order valence-corrected chi connectivity index (χ2v) is 6.22. The number of aliphatic carboxylic acids is 1. The van der Waals surface area contributed by atoms with Gasteiger partial charge in [-0.15, -0.1) is 11.3 Å². The van der Waals surface area contributed by atoms with Crippen LogP contribution < -0.4 is 4.90 Å². The highest BCUT2D eigenvalue weighted by Gasteiger charge is 2.27. The van der Waals surface area contributed by atoms with Crippen molar-refractivity contribution in [2.75, 3.05) is 18.0 Å². The summed E-state index contributed by atoms with van der Waals surface area (Å²) in [6.07, 6.45) is 4.22. The van der Waals surface area contributed by atoms with Gasteiger partial charge in [-0.2, -0.15) is 0 Å². The van der Waals surface area contributed by atoms with Crippen LogP contribution in [0.25, 0.3) is 10.2 Å². The Balaban J connectivity index is 1.96. The molecule has 0 amide bonds. The number of fused-ring (bicyclic) bond motifs is 1. The summed E-state index contributed by atoms with van der Waals surface area (Å²) in [4.78, 5) is 24.3. The highest BCUT2D eigenvalue weighted by Crippen LogP contribution is 2.32. The number of thiophene rings is 1. The Morgan fingerprint density at radius 1 is 1.55 bits per heavy atom. The maximum absolute atomic E-state index is 11.2. The van der Waals surface area contributed by atoms with Gasteiger partial charge in [0.25, 0.3) is 0 Å². The molecule has 1 unspecified atom stereocenters. The summed E-state index contributed by atoms with van der Waals surface area (Å²) in [6, 6.07) is 2.14. The van der Waals surface area contributed by atoms with Gasteiger partial charge >= 0.3 is 5.97 Å². The smallest absolute Gasteiger partial charge is 0.308 e. The van der Waals surface area contributed by atoms with Crippen molar-refractivity contribution >= 4 is 33.3 Å². The number of aryl methyl sites for hydroxylation is 1. The summed E-state index contributed by atoms with van der Waals surface area (Å²) in [5.74, 6) is -0.116. The van der Waals surface area contributed by atoms with Crippen LogP contribution in [0.5, 0.6) is 0 Å². The minimum absolute atomic E-state index is 0.293. The van der Waals surface area contributed by atoms with Crippen LogP contribution in [-0.4, -0.2) is 34.1 Å². The molecule has 5 nitrogen and oxygen atoms in total. The molecule has 0 spiro atoms. The van der Waals surface area contributed by atoms with Crippen LogP contribution in [0.3, 0.4) is 0 Å². The van der Waals surface area contributed by atoms with Crippen LogP contribution in [-0.2, 0) is 11.2 Å². The van der Waals surface area contributed by atoms with Crippen molar-refractivity contribution in [2.45, 2.75) is 26.2 Å². The van der Waals surface area contributed by atoms with Crippen LogP contribution in [0.4, 0.5) is 5.82 Å². The van der Waals surface area contributed by atoms with Gasteiger partial charge in [0.05, 0.1) is 11.3 Å². The van der Waals surface area contributed by atoms with Crippen LogP contribution in [0.1, 0.15) is 24.6 Å². The van der Waals surface area contributed by atoms with Gasteiger partial charge in [0.1, 0.15) is 17.0 Å². The number of hydrogen-bond donors (Lipinski definition) is 1. The van der Waals surface area contributed by atoms with E-state index in [1.54, 1.807) is 17.7 Å². The van der Waals surface area contributed by atoms with Crippen LogP contribution >= 0.6 is 11.3 Å². The largest absolute Gasteiger partial charge is 0.481 e. The second-order valence-electron chi connectivity index (χ2n) is 5.11. The molecule has 3 heterocycles. The third-order valence-corrected chi connectivity index (χ3v) is 4.97. The summed E-state index contributed by atoms with van der Waals surface area (Å²) in [6.45, 7) is 3.53. The van der Waals surface area contributed by atoms with E-state index in [9.17, 15) is 9.90 Å². The summed E-state index contributed by atoms with van der Waals surface area (Å²) in [7, 11) is 0. The summed E-state index contributed by atoms with van der Waals surface area (Å²) < 4.78 is 0. The molecule has 1 fully saturated rings. The molecular weight excluding hydrogens is 274 g/mol. The predicted molar refractivity (Wildman–Crippen MR) is 79.4 cm³/mol. The Hall–Kier alpha value is -1.69. The first-order valence-electron chi connectivity index (χ1n) is 6.90. The zero-order chi connectivity index (χ0) is 14.1. The van der Waals surface area contributed by atoms with Crippen molar-refractivity contribution in [3.8, 4) is 0 Å². The molecule has 6 heteroatoms. The number of rotatable bonds is 3. The molecule has 0 radical (unpaired) electrons. The van der Waals surface area contributed by atoms with Crippen molar-refractivity contribution in [1.29, 1.82) is 0 Å². The van der Waals surface area contributed by atoms with Crippen molar-refractivity contribution < 1.29 is 9.90 Å². The number of carbonyl (C=O) groups is 1. The van der Waals surface area contributed by atoms with Gasteiger partial charge < -0.3 is 10.0 Å². The molecule has 0 bridgehead atoms. The number of piperidine rings is 1. The molecular formula is C14H17N3O2S. The van der Waals surface area contributed by atoms with Gasteiger partial charge in [0.2, 0.25) is 0 Å². The van der Waals surface area contributed by atoms with E-state index in [1.807, 2.05) is 0 Å². The van der Waals surface area contributed by atoms with E-state index in [-0.39, 0.29) is 5.92 Å². The predicted octanol–water partition coefficient (Wildman–Crippen LogP) is 2.55. The number of carboxylic acids is 1. The van der Waals surface area contributed by atoms with Crippen molar-refractivity contribution in [3.05, 3.63) is 17.3 Å². The monoisotopic (exact) mass is 291 g/mol. The number of carboxylic acid groups (broad SMARTS) is 1. The molecule has 1 atom stereocenters. The van der Waals surface area contributed by atoms with Gasteiger partial charge in [-0.3, -0.25) is 4.79 Å². The Morgan fingerprint density at radius 2 is 2.40 bits per heavy atom. The molecule has 2 aromatic rings. The molecule has 0 saturated carbocycles. The molecule has 1 N–H and O–H groups in total. The molecule has 1 saturated heterocycles. The molecule has 106 valence electrons. The lowest BCUT2D eigenvalue weighted by atomic mass is 9.98. The minimum atomic E-state index is -0.709. The summed E-state index contributed by atoms with van der Waals surface area (Å²) in [5.41, 5.74) is 0. The molecule has 0 aromatic carbocycles. The normalized spacial score (nSPS) is 19.4. The zero-order valence-corrected chi connectivity index (χ0v) is 12.2. The van der Waals surface area contributed by atoms with Crippen LogP contribution in [0.15, 0.2) is 12.4 Å². The van der Waals surface area contributed by atoms with Crippen LogP contribution in [0.2, 0.25) is 0 Å². The summed E-state index contributed by atoms with van der Waals surface area (Å²) >= 11 is 1.69. The molecule has 0 aliphatic carbocycles. The standard InChI is InChI=1S/C14H17N3O2S/c1-2-10-6-11-12(15-8-16-13(11)20-10)17-5-3-4-9(7-17)14(18)19/h6,8-9H,2-5,7H2,1H3,(H,18,19). The highest BCUT2D eigenvalue weighted by atomic mass is 32.1. The Morgan fingerprint density at radius 3 is 3.15 bits per heavy atom. The van der Waals surface area contributed by atoms with Crippen LogP contribution in [0, 0.1) is 5.92 Å². The fraction of sp³-hybridized carbons (Fsp3) is 0.500. The number of anilines is 1.